The first-order valence-corrected chi connectivity index (χ1v) is 6.90. The fourth-order valence-corrected chi connectivity index (χ4v) is 2.98. The van der Waals surface area contributed by atoms with Gasteiger partial charge >= 0.3 is 0 Å². The molecule has 3 rings (SSSR count). The summed E-state index contributed by atoms with van der Waals surface area (Å²) in [5.41, 5.74) is 10.8. The number of anilines is 2. The lowest BCUT2D eigenvalue weighted by molar-refractivity contribution is 0.775. The van der Waals surface area contributed by atoms with Gasteiger partial charge < -0.3 is 10.6 Å². The van der Waals surface area contributed by atoms with E-state index in [-0.39, 0.29) is 0 Å². The average molecular weight is 252 g/mol. The number of hydrogen-bond acceptors (Lipinski definition) is 2. The van der Waals surface area contributed by atoms with Gasteiger partial charge in [-0.1, -0.05) is 30.3 Å². The number of nitrogens with two attached hydrogens (primary N) is 1. The van der Waals surface area contributed by atoms with Gasteiger partial charge in [-0.25, -0.2) is 0 Å². The van der Waals surface area contributed by atoms with Gasteiger partial charge in [0.25, 0.3) is 0 Å². The van der Waals surface area contributed by atoms with E-state index in [0.717, 1.165) is 18.8 Å². The molecule has 0 amide bonds. The van der Waals surface area contributed by atoms with E-state index in [2.05, 4.69) is 54.3 Å². The predicted octanol–water partition coefficient (Wildman–Crippen LogP) is 3.57. The topological polar surface area (TPSA) is 29.3 Å². The first-order chi connectivity index (χ1) is 9.24. The highest BCUT2D eigenvalue weighted by Gasteiger charge is 2.24. The number of nitrogen functional groups attached to an aromatic ring is 1. The maximum atomic E-state index is 5.88. The van der Waals surface area contributed by atoms with Gasteiger partial charge in [-0.15, -0.1) is 0 Å². The summed E-state index contributed by atoms with van der Waals surface area (Å²) in [6, 6.07) is 17.0. The lowest BCUT2D eigenvalue weighted by Gasteiger charge is -2.21. The molecule has 1 aliphatic heterocycles. The highest BCUT2D eigenvalue weighted by atomic mass is 15.2. The number of rotatable bonds is 2. The number of nitrogens with zero attached hydrogens (tertiary/aromatic N) is 1. The molecule has 1 aliphatic rings. The summed E-state index contributed by atoms with van der Waals surface area (Å²) in [6.45, 7) is 4.40. The Bertz CT molecular complexity index is 577. The van der Waals surface area contributed by atoms with Gasteiger partial charge in [0.1, 0.15) is 0 Å². The van der Waals surface area contributed by atoms with E-state index in [1.165, 1.54) is 23.2 Å². The minimum Gasteiger partial charge on any atom is -0.399 e. The van der Waals surface area contributed by atoms with Crippen molar-refractivity contribution in [2.45, 2.75) is 19.3 Å². The van der Waals surface area contributed by atoms with Crippen molar-refractivity contribution in [2.24, 2.45) is 0 Å². The van der Waals surface area contributed by atoms with E-state index in [0.29, 0.717) is 5.92 Å². The third kappa shape index (κ3) is 2.43. The monoisotopic (exact) mass is 252 g/mol. The van der Waals surface area contributed by atoms with Crippen LogP contribution in [0, 0.1) is 6.92 Å². The van der Waals surface area contributed by atoms with Gasteiger partial charge in [0.15, 0.2) is 0 Å². The highest BCUT2D eigenvalue weighted by molar-refractivity contribution is 5.54. The van der Waals surface area contributed by atoms with E-state index in [9.17, 15) is 0 Å². The molecule has 2 N–H and O–H groups in total. The first kappa shape index (κ1) is 12.1. The Kier molecular flexibility index (Phi) is 3.16. The summed E-state index contributed by atoms with van der Waals surface area (Å²) in [6.07, 6.45) is 1.21. The van der Waals surface area contributed by atoms with Crippen molar-refractivity contribution in [1.82, 2.24) is 0 Å². The first-order valence-electron chi connectivity index (χ1n) is 6.90. The third-order valence-electron chi connectivity index (χ3n) is 4.03. The van der Waals surface area contributed by atoms with Gasteiger partial charge in [0.05, 0.1) is 0 Å². The Labute approximate surface area is 114 Å². The van der Waals surface area contributed by atoms with Gasteiger partial charge in [-0.3, -0.25) is 0 Å². The van der Waals surface area contributed by atoms with Gasteiger partial charge in [-0.05, 0) is 42.7 Å². The second-order valence-electron chi connectivity index (χ2n) is 5.39. The molecular weight excluding hydrogens is 232 g/mol. The van der Waals surface area contributed by atoms with E-state index in [1.807, 2.05) is 6.07 Å². The molecule has 1 heterocycles. The number of para-hydroxylation sites is 1. The van der Waals surface area contributed by atoms with Gasteiger partial charge in [0.2, 0.25) is 0 Å². The summed E-state index contributed by atoms with van der Waals surface area (Å²) >= 11 is 0. The Balaban J connectivity index is 1.79. The zero-order valence-electron chi connectivity index (χ0n) is 11.3. The number of benzene rings is 2. The molecule has 2 nitrogen and oxygen atoms in total. The van der Waals surface area contributed by atoms with E-state index < -0.39 is 0 Å². The van der Waals surface area contributed by atoms with Crippen molar-refractivity contribution in [3.63, 3.8) is 0 Å². The molecule has 0 aromatic heterocycles. The lowest BCUT2D eigenvalue weighted by Crippen LogP contribution is -2.20. The fraction of sp³-hybridized carbons (Fsp3) is 0.294. The van der Waals surface area contributed by atoms with Gasteiger partial charge in [-0.2, -0.15) is 0 Å². The van der Waals surface area contributed by atoms with Crippen LogP contribution in [0.2, 0.25) is 0 Å². The second-order valence-corrected chi connectivity index (χ2v) is 5.39. The molecule has 0 spiro atoms. The molecule has 0 aliphatic carbocycles. The molecule has 2 heteroatoms. The third-order valence-corrected chi connectivity index (χ3v) is 4.03. The maximum absolute atomic E-state index is 5.88. The zero-order chi connectivity index (χ0) is 13.2. The van der Waals surface area contributed by atoms with Crippen molar-refractivity contribution >= 4 is 11.4 Å². The normalized spacial score (nSPS) is 18.8. The van der Waals surface area contributed by atoms with Crippen molar-refractivity contribution in [2.75, 3.05) is 23.7 Å². The minimum atomic E-state index is 0.600. The van der Waals surface area contributed by atoms with Crippen LogP contribution in [0.15, 0.2) is 48.5 Å². The molecule has 1 unspecified atom stereocenters. The van der Waals surface area contributed by atoms with E-state index in [1.54, 1.807) is 0 Å². The molecule has 0 bridgehead atoms. The molecule has 19 heavy (non-hydrogen) atoms. The molecular formula is C17H20N2. The SMILES string of the molecule is Cc1ccccc1N1CCC(c2cccc(N)c2)C1. The van der Waals surface area contributed by atoms with Crippen molar-refractivity contribution in [3.8, 4) is 0 Å². The Hall–Kier alpha value is -1.96. The summed E-state index contributed by atoms with van der Waals surface area (Å²) in [4.78, 5) is 2.49. The molecule has 1 fully saturated rings. The fourth-order valence-electron chi connectivity index (χ4n) is 2.98. The largest absolute Gasteiger partial charge is 0.399 e. The van der Waals surface area contributed by atoms with Crippen LogP contribution in [0.25, 0.3) is 0 Å². The quantitative estimate of drug-likeness (QED) is 0.828. The summed E-state index contributed by atoms with van der Waals surface area (Å²) in [7, 11) is 0. The number of aryl methyl sites for hydroxylation is 1. The zero-order valence-corrected chi connectivity index (χ0v) is 11.3. The van der Waals surface area contributed by atoms with Crippen LogP contribution in [0.3, 0.4) is 0 Å². The average Bonchev–Trinajstić information content (AvgIpc) is 2.89. The number of hydrogen-bond donors (Lipinski definition) is 1. The highest BCUT2D eigenvalue weighted by Crippen LogP contribution is 2.32. The summed E-state index contributed by atoms with van der Waals surface area (Å²) < 4.78 is 0. The van der Waals surface area contributed by atoms with Crippen LogP contribution in [-0.2, 0) is 0 Å². The van der Waals surface area contributed by atoms with Crippen LogP contribution < -0.4 is 10.6 Å². The molecule has 2 aromatic carbocycles. The van der Waals surface area contributed by atoms with Crippen LogP contribution in [0.5, 0.6) is 0 Å². The summed E-state index contributed by atoms with van der Waals surface area (Å²) in [5, 5.41) is 0. The molecule has 1 atom stereocenters. The van der Waals surface area contributed by atoms with E-state index in [4.69, 9.17) is 5.73 Å². The van der Waals surface area contributed by atoms with Crippen molar-refractivity contribution in [1.29, 1.82) is 0 Å². The lowest BCUT2D eigenvalue weighted by atomic mass is 9.98. The Morgan fingerprint density at radius 3 is 2.74 bits per heavy atom. The molecule has 1 saturated heterocycles. The second kappa shape index (κ2) is 4.96. The molecule has 0 saturated carbocycles. The Morgan fingerprint density at radius 1 is 1.11 bits per heavy atom. The van der Waals surface area contributed by atoms with Crippen molar-refractivity contribution < 1.29 is 0 Å². The molecule has 0 radical (unpaired) electrons. The maximum Gasteiger partial charge on any atom is 0.0396 e. The molecule has 2 aromatic rings. The van der Waals surface area contributed by atoms with Gasteiger partial charge in [0, 0.05) is 30.4 Å². The smallest absolute Gasteiger partial charge is 0.0396 e. The van der Waals surface area contributed by atoms with Crippen LogP contribution in [0.4, 0.5) is 11.4 Å². The minimum absolute atomic E-state index is 0.600. The van der Waals surface area contributed by atoms with Crippen LogP contribution in [-0.4, -0.2) is 13.1 Å². The Morgan fingerprint density at radius 2 is 1.95 bits per heavy atom. The van der Waals surface area contributed by atoms with Crippen molar-refractivity contribution in [3.05, 3.63) is 59.7 Å². The van der Waals surface area contributed by atoms with Crippen LogP contribution in [0.1, 0.15) is 23.5 Å². The standard InChI is InChI=1S/C17H20N2/c1-13-5-2-3-8-17(13)19-10-9-15(12-19)14-6-4-7-16(18)11-14/h2-8,11,15H,9-10,12,18H2,1H3. The van der Waals surface area contributed by atoms with E-state index >= 15 is 0 Å². The van der Waals surface area contributed by atoms with Crippen LogP contribution >= 0.6 is 0 Å². The summed E-state index contributed by atoms with van der Waals surface area (Å²) in [5.74, 6) is 0.600. The predicted molar refractivity (Wildman–Crippen MR) is 81.6 cm³/mol. The molecule has 98 valence electrons.